The van der Waals surface area contributed by atoms with Crippen molar-refractivity contribution in [3.05, 3.63) is 72.1 Å². The first kappa shape index (κ1) is 18.6. The van der Waals surface area contributed by atoms with Crippen LogP contribution in [-0.4, -0.2) is 36.0 Å². The number of carbonyl (C=O) groups excluding carboxylic acids is 2. The summed E-state index contributed by atoms with van der Waals surface area (Å²) in [5, 5.41) is 5.80. The molecule has 0 aliphatic carbocycles. The average Bonchev–Trinajstić information content (AvgIpc) is 2.68. The molecular formula is C21H22FN3O2. The minimum atomic E-state index is -0.335. The van der Waals surface area contributed by atoms with Crippen molar-refractivity contribution in [1.82, 2.24) is 10.2 Å². The fourth-order valence-corrected chi connectivity index (χ4v) is 2.98. The normalized spacial score (nSPS) is 14.9. The summed E-state index contributed by atoms with van der Waals surface area (Å²) >= 11 is 0. The van der Waals surface area contributed by atoms with E-state index < -0.39 is 0 Å². The molecule has 0 unspecified atom stereocenters. The van der Waals surface area contributed by atoms with Crippen molar-refractivity contribution in [2.45, 2.75) is 18.9 Å². The minimum Gasteiger partial charge on any atom is -0.350 e. The fourth-order valence-electron chi connectivity index (χ4n) is 2.98. The number of urea groups is 1. The molecule has 1 aliphatic rings. The second-order valence-corrected chi connectivity index (χ2v) is 6.45. The van der Waals surface area contributed by atoms with Crippen molar-refractivity contribution < 1.29 is 14.0 Å². The van der Waals surface area contributed by atoms with Crippen LogP contribution >= 0.6 is 0 Å². The molecule has 0 aromatic heterocycles. The Hall–Kier alpha value is -3.15. The van der Waals surface area contributed by atoms with Gasteiger partial charge in [0.05, 0.1) is 0 Å². The van der Waals surface area contributed by atoms with Gasteiger partial charge in [-0.1, -0.05) is 30.3 Å². The molecule has 0 atom stereocenters. The van der Waals surface area contributed by atoms with Crippen molar-refractivity contribution in [1.29, 1.82) is 0 Å². The highest BCUT2D eigenvalue weighted by Gasteiger charge is 2.23. The third kappa shape index (κ3) is 5.67. The highest BCUT2D eigenvalue weighted by Crippen LogP contribution is 2.13. The molecule has 0 bridgehead atoms. The largest absolute Gasteiger partial charge is 0.350 e. The van der Waals surface area contributed by atoms with Gasteiger partial charge in [0.1, 0.15) is 5.82 Å². The van der Waals surface area contributed by atoms with Crippen LogP contribution < -0.4 is 10.6 Å². The van der Waals surface area contributed by atoms with Gasteiger partial charge in [-0.25, -0.2) is 9.18 Å². The van der Waals surface area contributed by atoms with Crippen LogP contribution in [0.2, 0.25) is 0 Å². The molecule has 1 fully saturated rings. The predicted molar refractivity (Wildman–Crippen MR) is 104 cm³/mol. The molecule has 6 heteroatoms. The van der Waals surface area contributed by atoms with E-state index in [0.29, 0.717) is 31.5 Å². The molecule has 1 aliphatic heterocycles. The Kier molecular flexibility index (Phi) is 6.20. The van der Waals surface area contributed by atoms with E-state index in [-0.39, 0.29) is 23.8 Å². The number of anilines is 1. The van der Waals surface area contributed by atoms with E-state index in [4.69, 9.17) is 0 Å². The third-order valence-corrected chi connectivity index (χ3v) is 4.43. The monoisotopic (exact) mass is 367 g/mol. The number of nitrogens with one attached hydrogen (secondary N) is 2. The number of carbonyl (C=O) groups is 2. The Morgan fingerprint density at radius 1 is 1.04 bits per heavy atom. The quantitative estimate of drug-likeness (QED) is 0.811. The Bertz CT molecular complexity index is 815. The number of likely N-dealkylation sites (tertiary alicyclic amines) is 1. The molecule has 3 amide bonds. The van der Waals surface area contributed by atoms with Crippen LogP contribution in [0.3, 0.4) is 0 Å². The van der Waals surface area contributed by atoms with Gasteiger partial charge in [-0.2, -0.15) is 0 Å². The SMILES string of the molecule is O=C(/C=C/c1cccc(F)c1)NC1CCN(C(=O)Nc2ccccc2)CC1. The summed E-state index contributed by atoms with van der Waals surface area (Å²) in [6.07, 6.45) is 4.38. The van der Waals surface area contributed by atoms with E-state index in [1.54, 1.807) is 23.1 Å². The highest BCUT2D eigenvalue weighted by atomic mass is 19.1. The van der Waals surface area contributed by atoms with Gasteiger partial charge < -0.3 is 15.5 Å². The van der Waals surface area contributed by atoms with Crippen molar-refractivity contribution >= 4 is 23.7 Å². The topological polar surface area (TPSA) is 61.4 Å². The molecule has 2 N–H and O–H groups in total. The van der Waals surface area contributed by atoms with Crippen LogP contribution in [0.15, 0.2) is 60.7 Å². The van der Waals surface area contributed by atoms with Gasteiger partial charge in [-0.15, -0.1) is 0 Å². The smallest absolute Gasteiger partial charge is 0.321 e. The van der Waals surface area contributed by atoms with Crippen LogP contribution in [0.5, 0.6) is 0 Å². The van der Waals surface area contributed by atoms with Crippen molar-refractivity contribution in [3.8, 4) is 0 Å². The van der Waals surface area contributed by atoms with E-state index in [9.17, 15) is 14.0 Å². The fraction of sp³-hybridized carbons (Fsp3) is 0.238. The van der Waals surface area contributed by atoms with Crippen molar-refractivity contribution in [2.75, 3.05) is 18.4 Å². The second kappa shape index (κ2) is 8.98. The molecule has 140 valence electrons. The van der Waals surface area contributed by atoms with Gasteiger partial charge in [0, 0.05) is 30.9 Å². The first-order valence-electron chi connectivity index (χ1n) is 8.95. The zero-order valence-corrected chi connectivity index (χ0v) is 14.9. The van der Waals surface area contributed by atoms with E-state index in [2.05, 4.69) is 10.6 Å². The van der Waals surface area contributed by atoms with Crippen LogP contribution in [0.25, 0.3) is 6.08 Å². The van der Waals surface area contributed by atoms with Crippen LogP contribution in [0, 0.1) is 5.82 Å². The molecule has 0 radical (unpaired) electrons. The number of hydrogen-bond acceptors (Lipinski definition) is 2. The number of nitrogens with zero attached hydrogens (tertiary/aromatic N) is 1. The lowest BCUT2D eigenvalue weighted by Gasteiger charge is -2.32. The molecular weight excluding hydrogens is 345 g/mol. The summed E-state index contributed by atoms with van der Waals surface area (Å²) in [4.78, 5) is 26.1. The molecule has 3 rings (SSSR count). The summed E-state index contributed by atoms with van der Waals surface area (Å²) in [7, 11) is 0. The zero-order valence-electron chi connectivity index (χ0n) is 14.9. The van der Waals surface area contributed by atoms with Gasteiger partial charge in [0.2, 0.25) is 5.91 Å². The number of para-hydroxylation sites is 1. The van der Waals surface area contributed by atoms with Crippen LogP contribution in [0.1, 0.15) is 18.4 Å². The first-order chi connectivity index (χ1) is 13.1. The summed E-state index contributed by atoms with van der Waals surface area (Å²) in [5.74, 6) is -0.551. The number of piperidine rings is 1. The maximum absolute atomic E-state index is 13.1. The van der Waals surface area contributed by atoms with Crippen LogP contribution in [-0.2, 0) is 4.79 Å². The Labute approximate surface area is 157 Å². The van der Waals surface area contributed by atoms with Gasteiger partial charge in [0.15, 0.2) is 0 Å². The van der Waals surface area contributed by atoms with Crippen LogP contribution in [0.4, 0.5) is 14.9 Å². The summed E-state index contributed by atoms with van der Waals surface area (Å²) in [5.41, 5.74) is 1.40. The maximum Gasteiger partial charge on any atom is 0.321 e. The summed E-state index contributed by atoms with van der Waals surface area (Å²) in [6, 6.07) is 15.3. The molecule has 2 aromatic rings. The molecule has 5 nitrogen and oxygen atoms in total. The molecule has 27 heavy (non-hydrogen) atoms. The lowest BCUT2D eigenvalue weighted by atomic mass is 10.1. The van der Waals surface area contributed by atoms with Gasteiger partial charge in [-0.3, -0.25) is 4.79 Å². The lowest BCUT2D eigenvalue weighted by molar-refractivity contribution is -0.117. The Balaban J connectivity index is 1.43. The van der Waals surface area contributed by atoms with Gasteiger partial charge in [-0.05, 0) is 48.7 Å². The van der Waals surface area contributed by atoms with E-state index in [0.717, 1.165) is 5.69 Å². The highest BCUT2D eigenvalue weighted by molar-refractivity contribution is 5.92. The van der Waals surface area contributed by atoms with E-state index >= 15 is 0 Å². The van der Waals surface area contributed by atoms with Gasteiger partial charge in [0.25, 0.3) is 0 Å². The van der Waals surface area contributed by atoms with E-state index in [1.807, 2.05) is 30.3 Å². The summed E-state index contributed by atoms with van der Waals surface area (Å²) < 4.78 is 13.1. The third-order valence-electron chi connectivity index (χ3n) is 4.43. The lowest BCUT2D eigenvalue weighted by Crippen LogP contribution is -2.47. The molecule has 2 aromatic carbocycles. The van der Waals surface area contributed by atoms with Crippen molar-refractivity contribution in [3.63, 3.8) is 0 Å². The molecule has 1 heterocycles. The number of benzene rings is 2. The molecule has 1 saturated heterocycles. The minimum absolute atomic E-state index is 0.0236. The zero-order chi connectivity index (χ0) is 19.1. The van der Waals surface area contributed by atoms with E-state index in [1.165, 1.54) is 18.2 Å². The average molecular weight is 367 g/mol. The predicted octanol–water partition coefficient (Wildman–Crippen LogP) is 3.65. The standard InChI is InChI=1S/C21H22FN3O2/c22-17-6-4-5-16(15-17)9-10-20(26)23-19-11-13-25(14-12-19)21(27)24-18-7-2-1-3-8-18/h1-10,15,19H,11-14H2,(H,23,26)(H,24,27)/b10-9+. The number of rotatable bonds is 4. The van der Waals surface area contributed by atoms with Gasteiger partial charge >= 0.3 is 6.03 Å². The second-order valence-electron chi connectivity index (χ2n) is 6.45. The first-order valence-corrected chi connectivity index (χ1v) is 8.95. The summed E-state index contributed by atoms with van der Waals surface area (Å²) in [6.45, 7) is 1.16. The number of hydrogen-bond donors (Lipinski definition) is 2. The maximum atomic E-state index is 13.1. The number of amides is 3. The van der Waals surface area contributed by atoms with Crippen molar-refractivity contribution in [2.24, 2.45) is 0 Å². The Morgan fingerprint density at radius 3 is 2.48 bits per heavy atom. The number of halogens is 1. The molecule has 0 saturated carbocycles. The Morgan fingerprint density at radius 2 is 1.78 bits per heavy atom. The molecule has 0 spiro atoms.